The Hall–Kier alpha value is -1.59. The highest BCUT2D eigenvalue weighted by atomic mass is 16.6. The van der Waals surface area contributed by atoms with E-state index in [-0.39, 0.29) is 31.1 Å². The molecule has 0 radical (unpaired) electrons. The van der Waals surface area contributed by atoms with E-state index in [2.05, 4.69) is 41.5 Å². The van der Waals surface area contributed by atoms with Crippen LogP contribution in [0.25, 0.3) is 0 Å². The molecule has 0 saturated heterocycles. The van der Waals surface area contributed by atoms with Crippen molar-refractivity contribution in [1.29, 1.82) is 0 Å². The molecule has 0 aliphatic rings. The van der Waals surface area contributed by atoms with E-state index < -0.39 is 6.10 Å². The highest BCUT2D eigenvalue weighted by Gasteiger charge is 2.19. The van der Waals surface area contributed by atoms with Crippen molar-refractivity contribution in [3.8, 4) is 0 Å². The van der Waals surface area contributed by atoms with Gasteiger partial charge in [0, 0.05) is 19.3 Å². The van der Waals surface area contributed by atoms with Gasteiger partial charge in [0.25, 0.3) is 0 Å². The predicted octanol–water partition coefficient (Wildman–Crippen LogP) is 15.2. The third-order valence-corrected chi connectivity index (χ3v) is 10.9. The van der Waals surface area contributed by atoms with Gasteiger partial charge in [-0.3, -0.25) is 14.4 Å². The maximum absolute atomic E-state index is 12.7. The second-order valence-electron chi connectivity index (χ2n) is 18.2. The third-order valence-electron chi connectivity index (χ3n) is 10.9. The van der Waals surface area contributed by atoms with E-state index in [1.165, 1.54) is 141 Å². The number of unbranched alkanes of at least 4 members (excludes halogenated alkanes) is 25. The molecule has 0 fully saturated rings. The van der Waals surface area contributed by atoms with Crippen molar-refractivity contribution in [2.75, 3.05) is 13.2 Å². The molecule has 0 aromatic rings. The van der Waals surface area contributed by atoms with Crippen molar-refractivity contribution in [2.24, 2.45) is 17.8 Å². The second kappa shape index (κ2) is 40.6. The Morgan fingerprint density at radius 3 is 0.782 bits per heavy atom. The summed E-state index contributed by atoms with van der Waals surface area (Å²) >= 11 is 0. The van der Waals surface area contributed by atoms with Gasteiger partial charge in [-0.05, 0) is 37.0 Å². The van der Waals surface area contributed by atoms with Crippen LogP contribution in [0.1, 0.15) is 260 Å². The van der Waals surface area contributed by atoms with Gasteiger partial charge in [0.2, 0.25) is 0 Å². The first kappa shape index (κ1) is 53.4. The minimum atomic E-state index is -0.762. The van der Waals surface area contributed by atoms with E-state index in [1.54, 1.807) is 0 Å². The Morgan fingerprint density at radius 1 is 0.309 bits per heavy atom. The zero-order valence-corrected chi connectivity index (χ0v) is 37.7. The first-order valence-electron chi connectivity index (χ1n) is 24.1. The third kappa shape index (κ3) is 43.4. The Morgan fingerprint density at radius 2 is 0.527 bits per heavy atom. The lowest BCUT2D eigenvalue weighted by Gasteiger charge is -2.18. The topological polar surface area (TPSA) is 78.9 Å². The van der Waals surface area contributed by atoms with Crippen LogP contribution in [0.4, 0.5) is 0 Å². The van der Waals surface area contributed by atoms with Crippen molar-refractivity contribution in [1.82, 2.24) is 0 Å². The van der Waals surface area contributed by atoms with Crippen molar-refractivity contribution in [3.05, 3.63) is 0 Å². The van der Waals surface area contributed by atoms with Gasteiger partial charge in [-0.25, -0.2) is 0 Å². The fraction of sp³-hybridized carbons (Fsp3) is 0.939. The minimum Gasteiger partial charge on any atom is -0.462 e. The lowest BCUT2D eigenvalue weighted by Crippen LogP contribution is -2.30. The molecule has 0 aromatic carbocycles. The molecule has 0 rings (SSSR count). The Labute approximate surface area is 342 Å². The van der Waals surface area contributed by atoms with E-state index in [0.29, 0.717) is 19.3 Å². The SMILES string of the molecule is CC(C)CCCCCCCCCCCCCCC(=O)OC[C@@H](COC(=O)CCCCCCCCCC(C)C)OC(=O)CCCCCCCCCCCC(C)C. The maximum Gasteiger partial charge on any atom is 0.306 e. The van der Waals surface area contributed by atoms with Gasteiger partial charge in [-0.15, -0.1) is 0 Å². The van der Waals surface area contributed by atoms with Crippen LogP contribution in [0.2, 0.25) is 0 Å². The Kier molecular flexibility index (Phi) is 39.4. The molecule has 326 valence electrons. The number of carbonyl (C=O) groups excluding carboxylic acids is 3. The Balaban J connectivity index is 4.31. The van der Waals surface area contributed by atoms with Crippen molar-refractivity contribution < 1.29 is 28.6 Å². The van der Waals surface area contributed by atoms with E-state index in [1.807, 2.05) is 0 Å². The van der Waals surface area contributed by atoms with Crippen LogP contribution in [-0.2, 0) is 28.6 Å². The fourth-order valence-corrected chi connectivity index (χ4v) is 7.23. The summed E-state index contributed by atoms with van der Waals surface area (Å²) in [6.45, 7) is 13.6. The van der Waals surface area contributed by atoms with Gasteiger partial charge >= 0.3 is 17.9 Å². The van der Waals surface area contributed by atoms with Crippen LogP contribution in [-0.4, -0.2) is 37.2 Å². The zero-order chi connectivity index (χ0) is 40.6. The predicted molar refractivity (Wildman–Crippen MR) is 233 cm³/mol. The highest BCUT2D eigenvalue weighted by molar-refractivity contribution is 5.71. The number of carbonyl (C=O) groups is 3. The average Bonchev–Trinajstić information content (AvgIpc) is 3.13. The smallest absolute Gasteiger partial charge is 0.306 e. The van der Waals surface area contributed by atoms with Gasteiger partial charge in [0.1, 0.15) is 13.2 Å². The number of hydrogen-bond acceptors (Lipinski definition) is 6. The fourth-order valence-electron chi connectivity index (χ4n) is 7.23. The quantitative estimate of drug-likeness (QED) is 0.0349. The molecule has 0 aliphatic carbocycles. The molecule has 0 unspecified atom stereocenters. The van der Waals surface area contributed by atoms with Crippen molar-refractivity contribution in [2.45, 2.75) is 266 Å². The molecule has 0 amide bonds. The van der Waals surface area contributed by atoms with Crippen LogP contribution in [0, 0.1) is 17.8 Å². The standard InChI is InChI=1S/C49H94O6/c1-43(2)35-29-23-17-12-9-7-8-10-14-20-26-32-38-47(50)53-41-46(42-54-48(51)39-33-27-22-16-19-25-31-37-45(5)6)55-49(52)40-34-28-21-15-11-13-18-24-30-36-44(3)4/h43-46H,7-42H2,1-6H3/t46-/m0/s1. The average molecular weight is 779 g/mol. The van der Waals surface area contributed by atoms with Crippen LogP contribution < -0.4 is 0 Å². The van der Waals surface area contributed by atoms with Crippen molar-refractivity contribution in [3.63, 3.8) is 0 Å². The summed E-state index contributed by atoms with van der Waals surface area (Å²) in [7, 11) is 0. The van der Waals surface area contributed by atoms with Gasteiger partial charge in [-0.2, -0.15) is 0 Å². The minimum absolute atomic E-state index is 0.0659. The molecule has 0 N–H and O–H groups in total. The molecule has 6 heteroatoms. The van der Waals surface area contributed by atoms with Crippen LogP contribution in [0.5, 0.6) is 0 Å². The van der Waals surface area contributed by atoms with Gasteiger partial charge in [-0.1, -0.05) is 221 Å². The van der Waals surface area contributed by atoms with E-state index >= 15 is 0 Å². The first-order valence-corrected chi connectivity index (χ1v) is 24.1. The first-order chi connectivity index (χ1) is 26.6. The lowest BCUT2D eigenvalue weighted by molar-refractivity contribution is -0.167. The summed E-state index contributed by atoms with van der Waals surface area (Å²) in [6.07, 6.45) is 38.1. The second-order valence-corrected chi connectivity index (χ2v) is 18.2. The van der Waals surface area contributed by atoms with Gasteiger partial charge in [0.15, 0.2) is 6.10 Å². The maximum atomic E-state index is 12.7. The normalized spacial score (nSPS) is 12.2. The molecule has 1 atom stereocenters. The number of hydrogen-bond donors (Lipinski definition) is 0. The molecular formula is C49H94O6. The number of ether oxygens (including phenoxy) is 3. The largest absolute Gasteiger partial charge is 0.462 e. The monoisotopic (exact) mass is 779 g/mol. The summed E-state index contributed by atoms with van der Waals surface area (Å²) in [4.78, 5) is 37.8. The van der Waals surface area contributed by atoms with Crippen LogP contribution in [0.3, 0.4) is 0 Å². The molecular weight excluding hydrogens is 685 g/mol. The van der Waals surface area contributed by atoms with E-state index in [9.17, 15) is 14.4 Å². The number of rotatable bonds is 42. The number of esters is 3. The summed E-state index contributed by atoms with van der Waals surface area (Å²) in [5.74, 6) is 1.56. The Bertz CT molecular complexity index is 852. The molecule has 6 nitrogen and oxygen atoms in total. The molecule has 0 bridgehead atoms. The summed E-state index contributed by atoms with van der Waals surface area (Å²) in [6, 6.07) is 0. The zero-order valence-electron chi connectivity index (χ0n) is 37.7. The molecule has 0 heterocycles. The van der Waals surface area contributed by atoms with E-state index in [4.69, 9.17) is 14.2 Å². The summed E-state index contributed by atoms with van der Waals surface area (Å²) in [5, 5.41) is 0. The molecule has 0 spiro atoms. The summed E-state index contributed by atoms with van der Waals surface area (Å²) in [5.41, 5.74) is 0. The molecule has 0 aliphatic heterocycles. The molecule has 0 saturated carbocycles. The lowest BCUT2D eigenvalue weighted by atomic mass is 10.0. The molecule has 0 aromatic heterocycles. The van der Waals surface area contributed by atoms with Gasteiger partial charge in [0.05, 0.1) is 0 Å². The van der Waals surface area contributed by atoms with Gasteiger partial charge < -0.3 is 14.2 Å². The van der Waals surface area contributed by atoms with Crippen LogP contribution in [0.15, 0.2) is 0 Å². The van der Waals surface area contributed by atoms with E-state index in [0.717, 1.165) is 75.5 Å². The molecule has 55 heavy (non-hydrogen) atoms. The highest BCUT2D eigenvalue weighted by Crippen LogP contribution is 2.17. The van der Waals surface area contributed by atoms with Crippen LogP contribution >= 0.6 is 0 Å². The summed E-state index contributed by atoms with van der Waals surface area (Å²) < 4.78 is 16.7. The van der Waals surface area contributed by atoms with Crippen molar-refractivity contribution >= 4 is 17.9 Å².